The Morgan fingerprint density at radius 1 is 1.14 bits per heavy atom. The van der Waals surface area contributed by atoms with Gasteiger partial charge in [-0.3, -0.25) is 14.4 Å². The van der Waals surface area contributed by atoms with Crippen LogP contribution in [0, 0.1) is 0 Å². The highest BCUT2D eigenvalue weighted by Gasteiger charge is 2.22. The smallest absolute Gasteiger partial charge is 0.257 e. The molecule has 0 unspecified atom stereocenters. The van der Waals surface area contributed by atoms with Crippen LogP contribution < -0.4 is 20.1 Å². The first-order valence-corrected chi connectivity index (χ1v) is 11.8. The SMILES string of the molecule is COc1ccccc1-n1cc(C(=O)N2CCCNC(=O)c3cc(Cl)ccc3OCCNC(=O)C2)cn1. The number of rotatable bonds is 3. The minimum absolute atomic E-state index is 0.140. The van der Waals surface area contributed by atoms with Gasteiger partial charge in [0.15, 0.2) is 0 Å². The third-order valence-corrected chi connectivity index (χ3v) is 5.78. The first-order valence-electron chi connectivity index (χ1n) is 11.4. The van der Waals surface area contributed by atoms with Gasteiger partial charge in [-0.2, -0.15) is 5.10 Å². The molecular weight excluding hydrogens is 486 g/mol. The first-order chi connectivity index (χ1) is 17.5. The number of para-hydroxylation sites is 2. The molecule has 0 aliphatic carbocycles. The van der Waals surface area contributed by atoms with E-state index in [0.29, 0.717) is 39.8 Å². The van der Waals surface area contributed by atoms with E-state index in [-0.39, 0.29) is 50.5 Å². The van der Waals surface area contributed by atoms with Crippen molar-refractivity contribution in [3.8, 4) is 17.2 Å². The fourth-order valence-corrected chi connectivity index (χ4v) is 3.94. The highest BCUT2D eigenvalue weighted by molar-refractivity contribution is 6.31. The van der Waals surface area contributed by atoms with Crippen LogP contribution in [0.15, 0.2) is 54.9 Å². The summed E-state index contributed by atoms with van der Waals surface area (Å²) in [5, 5.41) is 10.3. The van der Waals surface area contributed by atoms with Crippen LogP contribution in [0.3, 0.4) is 0 Å². The predicted octanol–water partition coefficient (Wildman–Crippen LogP) is 2.31. The summed E-state index contributed by atoms with van der Waals surface area (Å²) >= 11 is 6.05. The zero-order valence-corrected chi connectivity index (χ0v) is 20.5. The lowest BCUT2D eigenvalue weighted by atomic mass is 10.2. The van der Waals surface area contributed by atoms with Crippen LogP contribution in [0.1, 0.15) is 27.1 Å². The van der Waals surface area contributed by atoms with Crippen molar-refractivity contribution < 1.29 is 23.9 Å². The van der Waals surface area contributed by atoms with E-state index in [1.807, 2.05) is 18.2 Å². The molecule has 0 saturated heterocycles. The predicted molar refractivity (Wildman–Crippen MR) is 133 cm³/mol. The van der Waals surface area contributed by atoms with Crippen molar-refractivity contribution in [2.24, 2.45) is 0 Å². The molecule has 3 aromatic rings. The maximum absolute atomic E-state index is 13.3. The van der Waals surface area contributed by atoms with Gasteiger partial charge in [0.05, 0.1) is 37.5 Å². The minimum Gasteiger partial charge on any atom is -0.494 e. The van der Waals surface area contributed by atoms with Gasteiger partial charge in [0.1, 0.15) is 23.8 Å². The van der Waals surface area contributed by atoms with Crippen LogP contribution in [0.4, 0.5) is 0 Å². The zero-order valence-electron chi connectivity index (χ0n) is 19.7. The number of carbonyl (C=O) groups excluding carboxylic acids is 3. The fraction of sp³-hybridized carbons (Fsp3) is 0.280. The Bertz CT molecular complexity index is 1260. The van der Waals surface area contributed by atoms with E-state index in [1.54, 1.807) is 36.2 Å². The molecular formula is C25H26ClN5O5. The Balaban J connectivity index is 1.49. The Morgan fingerprint density at radius 2 is 1.97 bits per heavy atom. The van der Waals surface area contributed by atoms with Gasteiger partial charge in [-0.05, 0) is 36.8 Å². The summed E-state index contributed by atoms with van der Waals surface area (Å²) in [4.78, 5) is 40.0. The molecule has 10 nitrogen and oxygen atoms in total. The van der Waals surface area contributed by atoms with E-state index >= 15 is 0 Å². The van der Waals surface area contributed by atoms with E-state index < -0.39 is 0 Å². The summed E-state index contributed by atoms with van der Waals surface area (Å²) in [6.07, 6.45) is 3.48. The lowest BCUT2D eigenvalue weighted by Crippen LogP contribution is -2.43. The molecule has 0 atom stereocenters. The maximum Gasteiger partial charge on any atom is 0.257 e. The second-order valence-electron chi connectivity index (χ2n) is 8.02. The molecule has 0 spiro atoms. The van der Waals surface area contributed by atoms with Gasteiger partial charge in [0.25, 0.3) is 11.8 Å². The molecule has 3 amide bonds. The molecule has 1 aliphatic rings. The summed E-state index contributed by atoms with van der Waals surface area (Å²) in [7, 11) is 1.56. The molecule has 0 bridgehead atoms. The van der Waals surface area contributed by atoms with Crippen LogP contribution in [0.5, 0.6) is 11.5 Å². The normalized spacial score (nSPS) is 15.1. The Morgan fingerprint density at radius 3 is 2.81 bits per heavy atom. The number of aromatic nitrogens is 2. The van der Waals surface area contributed by atoms with Gasteiger partial charge in [0, 0.05) is 24.3 Å². The summed E-state index contributed by atoms with van der Waals surface area (Å²) in [6.45, 7) is 0.754. The average Bonchev–Trinajstić information content (AvgIpc) is 3.38. The van der Waals surface area contributed by atoms with Gasteiger partial charge in [-0.15, -0.1) is 0 Å². The number of fused-ring (bicyclic) bond motifs is 1. The van der Waals surface area contributed by atoms with Crippen molar-refractivity contribution in [2.45, 2.75) is 6.42 Å². The molecule has 0 fully saturated rings. The molecule has 36 heavy (non-hydrogen) atoms. The van der Waals surface area contributed by atoms with Gasteiger partial charge in [-0.25, -0.2) is 4.68 Å². The molecule has 188 valence electrons. The minimum atomic E-state index is -0.349. The molecule has 4 rings (SSSR count). The monoisotopic (exact) mass is 511 g/mol. The van der Waals surface area contributed by atoms with Crippen LogP contribution in [0.25, 0.3) is 5.69 Å². The van der Waals surface area contributed by atoms with Gasteiger partial charge in [-0.1, -0.05) is 23.7 Å². The first kappa shape index (κ1) is 25.1. The molecule has 2 heterocycles. The number of benzene rings is 2. The van der Waals surface area contributed by atoms with E-state index in [9.17, 15) is 14.4 Å². The highest BCUT2D eigenvalue weighted by atomic mass is 35.5. The van der Waals surface area contributed by atoms with E-state index in [1.165, 1.54) is 17.2 Å². The van der Waals surface area contributed by atoms with Crippen molar-refractivity contribution in [2.75, 3.05) is 39.9 Å². The number of nitrogens with zero attached hydrogens (tertiary/aromatic N) is 3. The molecule has 2 aromatic carbocycles. The Hall–Kier alpha value is -4.05. The topological polar surface area (TPSA) is 115 Å². The molecule has 0 saturated carbocycles. The van der Waals surface area contributed by atoms with Crippen molar-refractivity contribution in [3.05, 3.63) is 71.0 Å². The number of nitrogens with one attached hydrogen (secondary N) is 2. The summed E-state index contributed by atoms with van der Waals surface area (Å²) in [5.41, 5.74) is 1.31. The highest BCUT2D eigenvalue weighted by Crippen LogP contribution is 2.23. The van der Waals surface area contributed by atoms with Crippen molar-refractivity contribution in [1.82, 2.24) is 25.3 Å². The van der Waals surface area contributed by atoms with Crippen LogP contribution >= 0.6 is 11.6 Å². The number of ether oxygens (including phenoxy) is 2. The number of hydrogen-bond acceptors (Lipinski definition) is 6. The standard InChI is InChI=1S/C25H26ClN5O5/c1-35-22-6-3-2-5-20(22)31-15-17(14-29-31)25(34)30-11-4-9-28-24(33)19-13-18(26)7-8-21(19)36-12-10-27-23(32)16-30/h2-3,5-8,13-15H,4,9-12,16H2,1H3,(H,27,32)(H,28,33). The van der Waals surface area contributed by atoms with Crippen molar-refractivity contribution in [3.63, 3.8) is 0 Å². The number of hydrogen-bond donors (Lipinski definition) is 2. The largest absolute Gasteiger partial charge is 0.494 e. The number of methoxy groups -OCH3 is 1. The summed E-state index contributed by atoms with van der Waals surface area (Å²) in [5.74, 6) is -0.00527. The fourth-order valence-electron chi connectivity index (χ4n) is 3.77. The second-order valence-corrected chi connectivity index (χ2v) is 8.46. The number of halogens is 1. The summed E-state index contributed by atoms with van der Waals surface area (Å²) < 4.78 is 12.6. The average molecular weight is 512 g/mol. The molecule has 1 aromatic heterocycles. The van der Waals surface area contributed by atoms with Crippen molar-refractivity contribution in [1.29, 1.82) is 0 Å². The van der Waals surface area contributed by atoms with Crippen molar-refractivity contribution >= 4 is 29.3 Å². The number of carbonyl (C=O) groups is 3. The quantitative estimate of drug-likeness (QED) is 0.557. The second kappa shape index (κ2) is 11.6. The summed E-state index contributed by atoms with van der Waals surface area (Å²) in [6, 6.07) is 12.1. The van der Waals surface area contributed by atoms with Crippen LogP contribution in [-0.4, -0.2) is 72.3 Å². The zero-order chi connectivity index (χ0) is 25.5. The van der Waals surface area contributed by atoms with Gasteiger partial charge in [0.2, 0.25) is 5.91 Å². The molecule has 1 aliphatic heterocycles. The van der Waals surface area contributed by atoms with Gasteiger partial charge >= 0.3 is 0 Å². The third-order valence-electron chi connectivity index (χ3n) is 5.54. The van der Waals surface area contributed by atoms with E-state index in [2.05, 4.69) is 15.7 Å². The molecule has 2 N–H and O–H groups in total. The van der Waals surface area contributed by atoms with Crippen LogP contribution in [-0.2, 0) is 4.79 Å². The van der Waals surface area contributed by atoms with Crippen LogP contribution in [0.2, 0.25) is 5.02 Å². The third kappa shape index (κ3) is 5.95. The van der Waals surface area contributed by atoms with Gasteiger partial charge < -0.3 is 25.0 Å². The maximum atomic E-state index is 13.3. The Labute approximate surface area is 213 Å². The van der Waals surface area contributed by atoms with E-state index in [0.717, 1.165) is 0 Å². The lowest BCUT2D eigenvalue weighted by Gasteiger charge is -2.22. The number of amides is 3. The molecule has 11 heteroatoms. The Kier molecular flexibility index (Phi) is 8.06. The lowest BCUT2D eigenvalue weighted by molar-refractivity contribution is -0.121. The van der Waals surface area contributed by atoms with E-state index in [4.69, 9.17) is 21.1 Å². The molecule has 0 radical (unpaired) electrons.